The molecule has 2 rings (SSSR count). The van der Waals surface area contributed by atoms with Gasteiger partial charge in [-0.25, -0.2) is 0 Å². The molecule has 2 aromatic rings. The van der Waals surface area contributed by atoms with E-state index in [4.69, 9.17) is 0 Å². The molecule has 21 heavy (non-hydrogen) atoms. The number of benzene rings is 1. The van der Waals surface area contributed by atoms with Crippen LogP contribution in [0.2, 0.25) is 0 Å². The minimum atomic E-state index is -0.0709. The second-order valence-electron chi connectivity index (χ2n) is 5.48. The number of rotatable bonds is 5. The predicted octanol–water partition coefficient (Wildman–Crippen LogP) is 3.60. The Hall–Kier alpha value is -2.30. The van der Waals surface area contributed by atoms with Gasteiger partial charge in [-0.05, 0) is 39.0 Å². The minimum absolute atomic E-state index is 0.0709. The summed E-state index contributed by atoms with van der Waals surface area (Å²) in [6, 6.07) is 8.19. The Balaban J connectivity index is 2.07. The number of hydrogen-bond acceptors (Lipinski definition) is 3. The zero-order valence-electron chi connectivity index (χ0n) is 12.9. The van der Waals surface area contributed by atoms with Gasteiger partial charge in [0.2, 0.25) is 5.91 Å². The summed E-state index contributed by atoms with van der Waals surface area (Å²) in [7, 11) is 0. The summed E-state index contributed by atoms with van der Waals surface area (Å²) in [6.45, 7) is 7.80. The number of aromatic nitrogens is 2. The van der Waals surface area contributed by atoms with Crippen LogP contribution in [0.25, 0.3) is 0 Å². The highest BCUT2D eigenvalue weighted by Gasteiger charge is 2.09. The van der Waals surface area contributed by atoms with Crippen molar-refractivity contribution >= 4 is 17.3 Å². The summed E-state index contributed by atoms with van der Waals surface area (Å²) >= 11 is 0. The lowest BCUT2D eigenvalue weighted by Crippen LogP contribution is -2.08. The van der Waals surface area contributed by atoms with Crippen molar-refractivity contribution in [3.63, 3.8) is 0 Å². The van der Waals surface area contributed by atoms with Crippen molar-refractivity contribution in [1.82, 2.24) is 9.78 Å². The number of amides is 1. The van der Waals surface area contributed by atoms with Gasteiger partial charge in [0.25, 0.3) is 0 Å². The van der Waals surface area contributed by atoms with Crippen LogP contribution in [-0.4, -0.2) is 15.7 Å². The Kier molecular flexibility index (Phi) is 4.62. The van der Waals surface area contributed by atoms with Crippen LogP contribution < -0.4 is 10.6 Å². The fourth-order valence-electron chi connectivity index (χ4n) is 2.08. The van der Waals surface area contributed by atoms with Gasteiger partial charge in [0.1, 0.15) is 0 Å². The maximum Gasteiger partial charge on any atom is 0.221 e. The molecule has 1 unspecified atom stereocenters. The molecular weight excluding hydrogens is 264 g/mol. The number of anilines is 2. The van der Waals surface area contributed by atoms with E-state index in [0.29, 0.717) is 6.04 Å². The Bertz CT molecular complexity index is 618. The molecular formula is C16H22N4O. The Morgan fingerprint density at radius 2 is 1.95 bits per heavy atom. The number of carbonyl (C=O) groups is 1. The van der Waals surface area contributed by atoms with Gasteiger partial charge in [0.15, 0.2) is 0 Å². The Labute approximate surface area is 125 Å². The van der Waals surface area contributed by atoms with E-state index in [9.17, 15) is 4.79 Å². The summed E-state index contributed by atoms with van der Waals surface area (Å²) in [6.07, 6.45) is 3.94. The van der Waals surface area contributed by atoms with E-state index < -0.39 is 0 Å². The van der Waals surface area contributed by atoms with Gasteiger partial charge in [-0.15, -0.1) is 0 Å². The largest absolute Gasteiger partial charge is 0.378 e. The van der Waals surface area contributed by atoms with Crippen LogP contribution in [0.15, 0.2) is 36.7 Å². The zero-order chi connectivity index (χ0) is 15.4. The molecule has 1 heterocycles. The summed E-state index contributed by atoms with van der Waals surface area (Å²) in [4.78, 5) is 11.1. The summed E-state index contributed by atoms with van der Waals surface area (Å²) < 4.78 is 1.95. The van der Waals surface area contributed by atoms with Crippen molar-refractivity contribution in [1.29, 1.82) is 0 Å². The predicted molar refractivity (Wildman–Crippen MR) is 85.4 cm³/mol. The van der Waals surface area contributed by atoms with Crippen LogP contribution in [0.4, 0.5) is 11.4 Å². The van der Waals surface area contributed by atoms with Gasteiger partial charge in [0, 0.05) is 36.1 Å². The van der Waals surface area contributed by atoms with Crippen molar-refractivity contribution in [2.75, 3.05) is 10.6 Å². The number of nitrogens with one attached hydrogen (secondary N) is 2. The third kappa shape index (κ3) is 4.08. The van der Waals surface area contributed by atoms with Crippen LogP contribution in [-0.2, 0) is 4.79 Å². The lowest BCUT2D eigenvalue weighted by atomic mass is 10.1. The average Bonchev–Trinajstić information content (AvgIpc) is 2.88. The van der Waals surface area contributed by atoms with Gasteiger partial charge in [-0.2, -0.15) is 5.10 Å². The molecule has 1 aromatic heterocycles. The molecule has 1 amide bonds. The van der Waals surface area contributed by atoms with Crippen molar-refractivity contribution in [2.24, 2.45) is 0 Å². The first-order chi connectivity index (χ1) is 9.95. The maximum absolute atomic E-state index is 11.1. The summed E-state index contributed by atoms with van der Waals surface area (Å²) in [5, 5.41) is 10.6. The maximum atomic E-state index is 11.1. The van der Waals surface area contributed by atoms with Gasteiger partial charge in [-0.3, -0.25) is 9.48 Å². The van der Waals surface area contributed by atoms with E-state index in [1.54, 1.807) is 0 Å². The van der Waals surface area contributed by atoms with Crippen molar-refractivity contribution < 1.29 is 4.79 Å². The van der Waals surface area contributed by atoms with Crippen LogP contribution >= 0.6 is 0 Å². The number of nitrogens with zero attached hydrogens (tertiary/aromatic N) is 2. The average molecular weight is 286 g/mol. The van der Waals surface area contributed by atoms with Crippen LogP contribution in [0, 0.1) is 0 Å². The Morgan fingerprint density at radius 1 is 1.24 bits per heavy atom. The van der Waals surface area contributed by atoms with Gasteiger partial charge in [-0.1, -0.05) is 6.07 Å². The molecule has 5 nitrogen and oxygen atoms in total. The molecule has 112 valence electrons. The van der Waals surface area contributed by atoms with Gasteiger partial charge >= 0.3 is 0 Å². The van der Waals surface area contributed by atoms with Crippen LogP contribution in [0.1, 0.15) is 45.3 Å². The second-order valence-corrected chi connectivity index (χ2v) is 5.48. The number of hydrogen-bond donors (Lipinski definition) is 2. The molecule has 0 aliphatic heterocycles. The molecule has 0 bridgehead atoms. The van der Waals surface area contributed by atoms with Crippen molar-refractivity contribution in [2.45, 2.75) is 39.8 Å². The highest BCUT2D eigenvalue weighted by molar-refractivity contribution is 5.89. The fraction of sp³-hybridized carbons (Fsp3) is 0.375. The lowest BCUT2D eigenvalue weighted by molar-refractivity contribution is -0.114. The lowest BCUT2D eigenvalue weighted by Gasteiger charge is -2.15. The highest BCUT2D eigenvalue weighted by Crippen LogP contribution is 2.22. The van der Waals surface area contributed by atoms with E-state index >= 15 is 0 Å². The fourth-order valence-corrected chi connectivity index (χ4v) is 2.08. The van der Waals surface area contributed by atoms with Crippen molar-refractivity contribution in [3.05, 3.63) is 42.2 Å². The summed E-state index contributed by atoms with van der Waals surface area (Å²) in [5.41, 5.74) is 2.89. The third-order valence-corrected chi connectivity index (χ3v) is 3.22. The molecule has 0 radical (unpaired) electrons. The number of carbonyl (C=O) groups excluding carboxylic acids is 1. The first kappa shape index (κ1) is 15.1. The van der Waals surface area contributed by atoms with E-state index in [1.807, 2.05) is 35.1 Å². The van der Waals surface area contributed by atoms with E-state index in [0.717, 1.165) is 16.9 Å². The molecule has 2 N–H and O–H groups in total. The molecule has 1 atom stereocenters. The molecule has 0 saturated carbocycles. The van der Waals surface area contributed by atoms with Gasteiger partial charge in [0.05, 0.1) is 12.2 Å². The minimum Gasteiger partial charge on any atom is -0.378 e. The first-order valence-corrected chi connectivity index (χ1v) is 7.14. The Morgan fingerprint density at radius 3 is 2.57 bits per heavy atom. The molecule has 0 spiro atoms. The first-order valence-electron chi connectivity index (χ1n) is 7.14. The molecule has 1 aromatic carbocycles. The second kappa shape index (κ2) is 6.43. The molecule has 0 aliphatic rings. The molecule has 0 fully saturated rings. The zero-order valence-corrected chi connectivity index (χ0v) is 12.9. The van der Waals surface area contributed by atoms with Crippen LogP contribution in [0.5, 0.6) is 0 Å². The topological polar surface area (TPSA) is 59.0 Å². The quantitative estimate of drug-likeness (QED) is 0.883. The molecule has 0 aliphatic carbocycles. The molecule has 5 heteroatoms. The van der Waals surface area contributed by atoms with Crippen LogP contribution in [0.3, 0.4) is 0 Å². The van der Waals surface area contributed by atoms with E-state index in [-0.39, 0.29) is 11.9 Å². The van der Waals surface area contributed by atoms with Gasteiger partial charge < -0.3 is 10.6 Å². The monoisotopic (exact) mass is 286 g/mol. The van der Waals surface area contributed by atoms with E-state index in [2.05, 4.69) is 42.7 Å². The molecule has 0 saturated heterocycles. The van der Waals surface area contributed by atoms with E-state index in [1.165, 1.54) is 6.92 Å². The highest BCUT2D eigenvalue weighted by atomic mass is 16.1. The SMILES string of the molecule is CC(=O)Nc1cccc(NC(C)c2cnn(C(C)C)c2)c1. The smallest absolute Gasteiger partial charge is 0.221 e. The standard InChI is InChI=1S/C16H22N4O/c1-11(2)20-10-14(9-17-20)12(3)18-15-6-5-7-16(8-15)19-13(4)21/h5-12,18H,1-4H3,(H,19,21). The normalized spacial score (nSPS) is 12.2. The van der Waals surface area contributed by atoms with Crippen molar-refractivity contribution in [3.8, 4) is 0 Å². The summed E-state index contributed by atoms with van der Waals surface area (Å²) in [5.74, 6) is -0.0709. The third-order valence-electron chi connectivity index (χ3n) is 3.22.